The van der Waals surface area contributed by atoms with E-state index >= 15 is 0 Å². The van der Waals surface area contributed by atoms with Crippen molar-refractivity contribution in [2.24, 2.45) is 10.7 Å². The molecule has 0 radical (unpaired) electrons. The first kappa shape index (κ1) is 13.4. The van der Waals surface area contributed by atoms with Crippen molar-refractivity contribution in [2.45, 2.75) is 4.90 Å². The quantitative estimate of drug-likeness (QED) is 0.380. The topological polar surface area (TPSA) is 63.3 Å². The summed E-state index contributed by atoms with van der Waals surface area (Å²) < 4.78 is 0. The number of aliphatic imine (C=N–C) groups is 1. The summed E-state index contributed by atoms with van der Waals surface area (Å²) in [6.07, 6.45) is 3.42. The van der Waals surface area contributed by atoms with E-state index < -0.39 is 0 Å². The lowest BCUT2D eigenvalue weighted by Crippen LogP contribution is -2.23. The maximum atomic E-state index is 5.79. The molecule has 0 atom stereocenters. The van der Waals surface area contributed by atoms with Gasteiger partial charge in [-0.2, -0.15) is 0 Å². The van der Waals surface area contributed by atoms with Gasteiger partial charge in [-0.05, 0) is 24.3 Å². The molecule has 19 heavy (non-hydrogen) atoms. The standard InChI is InChI=1S/C14H16N4S/c15-14(18-12-6-8-16-9-7-12)17-10-11-19-13-4-2-1-3-5-13/h1-9H,10-11H2,(H3,15,16,17,18). The molecular formula is C14H16N4S. The Morgan fingerprint density at radius 2 is 1.89 bits per heavy atom. The molecule has 0 amide bonds. The summed E-state index contributed by atoms with van der Waals surface area (Å²) in [7, 11) is 0. The van der Waals surface area contributed by atoms with Gasteiger partial charge in [0.05, 0.1) is 6.54 Å². The van der Waals surface area contributed by atoms with E-state index in [0.29, 0.717) is 12.5 Å². The predicted molar refractivity (Wildman–Crippen MR) is 81.5 cm³/mol. The lowest BCUT2D eigenvalue weighted by atomic mass is 10.4. The SMILES string of the molecule is NC(=NCCSc1ccccc1)Nc1ccncc1. The lowest BCUT2D eigenvalue weighted by molar-refractivity contribution is 1.13. The fraction of sp³-hybridized carbons (Fsp3) is 0.143. The van der Waals surface area contributed by atoms with Crippen LogP contribution in [-0.4, -0.2) is 23.2 Å². The number of nitrogens with zero attached hydrogens (tertiary/aromatic N) is 2. The van der Waals surface area contributed by atoms with E-state index in [2.05, 4.69) is 27.4 Å². The smallest absolute Gasteiger partial charge is 0.193 e. The zero-order valence-corrected chi connectivity index (χ0v) is 11.3. The summed E-state index contributed by atoms with van der Waals surface area (Å²) in [6.45, 7) is 0.684. The number of nitrogens with one attached hydrogen (secondary N) is 1. The molecule has 1 aromatic heterocycles. The highest BCUT2D eigenvalue weighted by Crippen LogP contribution is 2.16. The molecule has 5 heteroatoms. The molecule has 98 valence electrons. The normalized spacial score (nSPS) is 11.3. The zero-order valence-electron chi connectivity index (χ0n) is 10.5. The molecule has 0 aliphatic heterocycles. The Bertz CT molecular complexity index is 513. The van der Waals surface area contributed by atoms with E-state index in [-0.39, 0.29) is 0 Å². The van der Waals surface area contributed by atoms with Gasteiger partial charge < -0.3 is 11.1 Å². The Labute approximate surface area is 117 Å². The van der Waals surface area contributed by atoms with Crippen molar-refractivity contribution >= 4 is 23.4 Å². The van der Waals surface area contributed by atoms with Crippen LogP contribution in [0.4, 0.5) is 5.69 Å². The summed E-state index contributed by atoms with van der Waals surface area (Å²) >= 11 is 1.77. The van der Waals surface area contributed by atoms with Crippen LogP contribution in [0.25, 0.3) is 0 Å². The Hall–Kier alpha value is -2.01. The molecule has 0 fully saturated rings. The van der Waals surface area contributed by atoms with Gasteiger partial charge in [0.15, 0.2) is 5.96 Å². The Kier molecular flexibility index (Phi) is 5.25. The van der Waals surface area contributed by atoms with E-state index in [1.165, 1.54) is 4.90 Å². The van der Waals surface area contributed by atoms with Gasteiger partial charge in [-0.25, -0.2) is 0 Å². The fourth-order valence-corrected chi connectivity index (χ4v) is 2.24. The molecule has 1 aromatic carbocycles. The molecule has 4 nitrogen and oxygen atoms in total. The largest absolute Gasteiger partial charge is 0.370 e. The third-order valence-corrected chi connectivity index (χ3v) is 3.33. The van der Waals surface area contributed by atoms with Gasteiger partial charge >= 0.3 is 0 Å². The van der Waals surface area contributed by atoms with Crippen LogP contribution in [0.5, 0.6) is 0 Å². The summed E-state index contributed by atoms with van der Waals surface area (Å²) in [5.41, 5.74) is 6.69. The van der Waals surface area contributed by atoms with Crippen molar-refractivity contribution in [3.05, 3.63) is 54.9 Å². The van der Waals surface area contributed by atoms with E-state index in [4.69, 9.17) is 5.73 Å². The lowest BCUT2D eigenvalue weighted by Gasteiger charge is -2.04. The second kappa shape index (κ2) is 7.43. The summed E-state index contributed by atoms with van der Waals surface area (Å²) in [4.78, 5) is 9.46. The molecule has 0 saturated carbocycles. The zero-order chi connectivity index (χ0) is 13.3. The summed E-state index contributed by atoms with van der Waals surface area (Å²) in [5.74, 6) is 1.34. The van der Waals surface area contributed by atoms with Crippen LogP contribution in [-0.2, 0) is 0 Å². The van der Waals surface area contributed by atoms with Crippen LogP contribution < -0.4 is 11.1 Å². The second-order valence-corrected chi connectivity index (χ2v) is 4.96. The van der Waals surface area contributed by atoms with Crippen molar-refractivity contribution in [2.75, 3.05) is 17.6 Å². The molecular weight excluding hydrogens is 256 g/mol. The number of nitrogens with two attached hydrogens (primary N) is 1. The molecule has 0 bridgehead atoms. The first-order valence-corrected chi connectivity index (χ1v) is 6.98. The maximum absolute atomic E-state index is 5.79. The predicted octanol–water partition coefficient (Wildman–Crippen LogP) is 2.60. The minimum Gasteiger partial charge on any atom is -0.370 e. The molecule has 0 saturated heterocycles. The number of benzene rings is 1. The first-order chi connectivity index (χ1) is 9.34. The molecule has 0 unspecified atom stereocenters. The van der Waals surface area contributed by atoms with Gasteiger partial charge in [0.1, 0.15) is 0 Å². The molecule has 0 spiro atoms. The second-order valence-electron chi connectivity index (χ2n) is 3.79. The van der Waals surface area contributed by atoms with Gasteiger partial charge in [-0.1, -0.05) is 18.2 Å². The van der Waals surface area contributed by atoms with Gasteiger partial charge in [-0.15, -0.1) is 11.8 Å². The average molecular weight is 272 g/mol. The monoisotopic (exact) mass is 272 g/mol. The van der Waals surface area contributed by atoms with Crippen molar-refractivity contribution in [3.63, 3.8) is 0 Å². The third-order valence-electron chi connectivity index (χ3n) is 2.34. The number of hydrogen-bond donors (Lipinski definition) is 2. The molecule has 0 aliphatic rings. The van der Waals surface area contributed by atoms with Crippen LogP contribution in [0.2, 0.25) is 0 Å². The number of pyridine rings is 1. The number of hydrogen-bond acceptors (Lipinski definition) is 3. The van der Waals surface area contributed by atoms with Gasteiger partial charge in [0, 0.05) is 28.7 Å². The maximum Gasteiger partial charge on any atom is 0.193 e. The van der Waals surface area contributed by atoms with Crippen LogP contribution in [0.15, 0.2) is 64.7 Å². The number of thioether (sulfide) groups is 1. The molecule has 1 heterocycles. The highest BCUT2D eigenvalue weighted by atomic mass is 32.2. The average Bonchev–Trinajstić information content (AvgIpc) is 2.46. The number of rotatable bonds is 5. The first-order valence-electron chi connectivity index (χ1n) is 5.99. The van der Waals surface area contributed by atoms with Crippen LogP contribution in [0, 0.1) is 0 Å². The number of guanidine groups is 1. The Morgan fingerprint density at radius 3 is 2.63 bits per heavy atom. The van der Waals surface area contributed by atoms with Gasteiger partial charge in [0.25, 0.3) is 0 Å². The van der Waals surface area contributed by atoms with E-state index in [0.717, 1.165) is 11.4 Å². The molecule has 2 rings (SSSR count). The van der Waals surface area contributed by atoms with E-state index in [1.807, 2.05) is 30.3 Å². The highest BCUT2D eigenvalue weighted by molar-refractivity contribution is 7.99. The number of aromatic nitrogens is 1. The fourth-order valence-electron chi connectivity index (χ4n) is 1.47. The van der Waals surface area contributed by atoms with Crippen molar-refractivity contribution in [1.29, 1.82) is 0 Å². The highest BCUT2D eigenvalue weighted by Gasteiger charge is 1.94. The van der Waals surface area contributed by atoms with E-state index in [9.17, 15) is 0 Å². The summed E-state index contributed by atoms with van der Waals surface area (Å²) in [5, 5.41) is 3.02. The van der Waals surface area contributed by atoms with Gasteiger partial charge in [-0.3, -0.25) is 9.98 Å². The van der Waals surface area contributed by atoms with Gasteiger partial charge in [0.2, 0.25) is 0 Å². The summed E-state index contributed by atoms with van der Waals surface area (Å²) in [6, 6.07) is 14.0. The van der Waals surface area contributed by atoms with Crippen molar-refractivity contribution in [1.82, 2.24) is 4.98 Å². The molecule has 2 aromatic rings. The minimum atomic E-state index is 0.430. The van der Waals surface area contributed by atoms with Crippen molar-refractivity contribution in [3.8, 4) is 0 Å². The van der Waals surface area contributed by atoms with Crippen LogP contribution >= 0.6 is 11.8 Å². The Balaban J connectivity index is 1.73. The van der Waals surface area contributed by atoms with Crippen LogP contribution in [0.3, 0.4) is 0 Å². The Morgan fingerprint density at radius 1 is 1.16 bits per heavy atom. The third kappa shape index (κ3) is 5.01. The van der Waals surface area contributed by atoms with E-state index in [1.54, 1.807) is 24.2 Å². The minimum absolute atomic E-state index is 0.430. The number of anilines is 1. The van der Waals surface area contributed by atoms with Crippen LogP contribution in [0.1, 0.15) is 0 Å². The van der Waals surface area contributed by atoms with Crippen molar-refractivity contribution < 1.29 is 0 Å². The molecule has 0 aliphatic carbocycles. The molecule has 3 N–H and O–H groups in total.